The maximum Gasteiger partial charge on any atom is 0.258 e. The minimum Gasteiger partial charge on any atom is -0.386 e. The normalized spacial score (nSPS) is 25.9. The number of carbonyl (C=O) groups is 1. The molecule has 74 valence electrons. The molecule has 0 aliphatic heterocycles. The second-order valence-corrected chi connectivity index (χ2v) is 3.47. The van der Waals surface area contributed by atoms with E-state index in [4.69, 9.17) is 10.6 Å². The highest BCUT2D eigenvalue weighted by Gasteiger charge is 2.16. The number of carbonyl (C=O) groups excluding carboxylic acids is 1. The van der Waals surface area contributed by atoms with Gasteiger partial charge in [0.2, 0.25) is 0 Å². The van der Waals surface area contributed by atoms with Gasteiger partial charge in [0.1, 0.15) is 0 Å². The maximum atomic E-state index is 10.4. The first kappa shape index (κ1) is 10.0. The van der Waals surface area contributed by atoms with E-state index in [1.807, 2.05) is 0 Å². The maximum absolute atomic E-state index is 10.4. The van der Waals surface area contributed by atoms with Gasteiger partial charge in [-0.1, -0.05) is 18.5 Å². The van der Waals surface area contributed by atoms with Crippen molar-refractivity contribution in [2.45, 2.75) is 32.6 Å². The summed E-state index contributed by atoms with van der Waals surface area (Å²) >= 11 is 0. The van der Waals surface area contributed by atoms with Gasteiger partial charge in [-0.05, 0) is 25.2 Å². The Morgan fingerprint density at radius 3 is 3.08 bits per heavy atom. The summed E-state index contributed by atoms with van der Waals surface area (Å²) in [7, 11) is 0. The molecule has 1 atom stereocenters. The SMILES string of the molecule is CC1CCCC/C1=N\OCC(N)=O. The van der Waals surface area contributed by atoms with Gasteiger partial charge in [-0.15, -0.1) is 0 Å². The van der Waals surface area contributed by atoms with E-state index in [-0.39, 0.29) is 6.61 Å². The van der Waals surface area contributed by atoms with Crippen molar-refractivity contribution in [3.63, 3.8) is 0 Å². The van der Waals surface area contributed by atoms with Crippen LogP contribution in [0.2, 0.25) is 0 Å². The molecule has 0 aromatic rings. The third-order valence-corrected chi connectivity index (χ3v) is 2.28. The van der Waals surface area contributed by atoms with E-state index < -0.39 is 5.91 Å². The molecule has 1 fully saturated rings. The van der Waals surface area contributed by atoms with Crippen LogP contribution in [0.5, 0.6) is 0 Å². The summed E-state index contributed by atoms with van der Waals surface area (Å²) in [6.07, 6.45) is 4.58. The Morgan fingerprint density at radius 2 is 2.46 bits per heavy atom. The summed E-state index contributed by atoms with van der Waals surface area (Å²) in [5.74, 6) is 0.00874. The van der Waals surface area contributed by atoms with Crippen LogP contribution in [-0.4, -0.2) is 18.2 Å². The lowest BCUT2D eigenvalue weighted by Crippen LogP contribution is -2.20. The van der Waals surface area contributed by atoms with Crippen LogP contribution in [0.25, 0.3) is 0 Å². The second kappa shape index (κ2) is 4.84. The van der Waals surface area contributed by atoms with Crippen molar-refractivity contribution in [3.8, 4) is 0 Å². The van der Waals surface area contributed by atoms with Crippen molar-refractivity contribution in [1.82, 2.24) is 0 Å². The molecular formula is C9H16N2O2. The van der Waals surface area contributed by atoms with Crippen molar-refractivity contribution in [2.75, 3.05) is 6.61 Å². The molecule has 1 saturated carbocycles. The first-order chi connectivity index (χ1) is 6.20. The third-order valence-electron chi connectivity index (χ3n) is 2.28. The zero-order valence-electron chi connectivity index (χ0n) is 7.95. The van der Waals surface area contributed by atoms with E-state index in [2.05, 4.69) is 12.1 Å². The van der Waals surface area contributed by atoms with Crippen molar-refractivity contribution in [1.29, 1.82) is 0 Å². The van der Waals surface area contributed by atoms with E-state index in [1.165, 1.54) is 19.3 Å². The van der Waals surface area contributed by atoms with Gasteiger partial charge in [0.05, 0.1) is 5.71 Å². The van der Waals surface area contributed by atoms with Gasteiger partial charge < -0.3 is 10.6 Å². The fourth-order valence-corrected chi connectivity index (χ4v) is 1.48. The largest absolute Gasteiger partial charge is 0.386 e. The van der Waals surface area contributed by atoms with Crippen molar-refractivity contribution < 1.29 is 9.63 Å². The van der Waals surface area contributed by atoms with Crippen LogP contribution in [0.15, 0.2) is 5.16 Å². The van der Waals surface area contributed by atoms with E-state index >= 15 is 0 Å². The van der Waals surface area contributed by atoms with Crippen molar-refractivity contribution in [2.24, 2.45) is 16.8 Å². The monoisotopic (exact) mass is 184 g/mol. The smallest absolute Gasteiger partial charge is 0.258 e. The number of primary amides is 1. The summed E-state index contributed by atoms with van der Waals surface area (Å²) in [5.41, 5.74) is 5.97. The van der Waals surface area contributed by atoms with Gasteiger partial charge in [0.25, 0.3) is 5.91 Å². The van der Waals surface area contributed by atoms with Crippen LogP contribution in [-0.2, 0) is 9.63 Å². The molecule has 0 aromatic heterocycles. The summed E-state index contributed by atoms with van der Waals surface area (Å²) in [6, 6.07) is 0. The van der Waals surface area contributed by atoms with E-state index in [0.29, 0.717) is 5.92 Å². The van der Waals surface area contributed by atoms with Crippen molar-refractivity contribution >= 4 is 11.6 Å². The fourth-order valence-electron chi connectivity index (χ4n) is 1.48. The molecule has 2 N–H and O–H groups in total. The Kier molecular flexibility index (Phi) is 3.73. The molecule has 13 heavy (non-hydrogen) atoms. The predicted molar refractivity (Wildman–Crippen MR) is 50.2 cm³/mol. The zero-order chi connectivity index (χ0) is 9.68. The molecule has 0 aromatic carbocycles. The molecule has 4 heteroatoms. The number of oxime groups is 1. The van der Waals surface area contributed by atoms with Gasteiger partial charge in [0.15, 0.2) is 6.61 Å². The fraction of sp³-hybridized carbons (Fsp3) is 0.778. The summed E-state index contributed by atoms with van der Waals surface area (Å²) in [4.78, 5) is 15.2. The number of rotatable bonds is 3. The predicted octanol–water partition coefficient (Wildman–Crippen LogP) is 1.05. The highest BCUT2D eigenvalue weighted by molar-refractivity contribution is 5.86. The highest BCUT2D eigenvalue weighted by Crippen LogP contribution is 2.20. The Balaban J connectivity index is 2.35. The van der Waals surface area contributed by atoms with Crippen molar-refractivity contribution in [3.05, 3.63) is 0 Å². The van der Waals surface area contributed by atoms with Crippen LogP contribution in [0.4, 0.5) is 0 Å². The molecule has 1 aliphatic rings. The number of hydrogen-bond acceptors (Lipinski definition) is 3. The second-order valence-electron chi connectivity index (χ2n) is 3.47. The molecular weight excluding hydrogens is 168 g/mol. The Hall–Kier alpha value is -1.06. The molecule has 0 saturated heterocycles. The highest BCUT2D eigenvalue weighted by atomic mass is 16.6. The summed E-state index contributed by atoms with van der Waals surface area (Å²) in [5, 5.41) is 3.92. The van der Waals surface area contributed by atoms with Crippen LogP contribution < -0.4 is 5.73 Å². The first-order valence-electron chi connectivity index (χ1n) is 4.67. The Morgan fingerprint density at radius 1 is 1.69 bits per heavy atom. The van der Waals surface area contributed by atoms with Crippen LogP contribution in [0, 0.1) is 5.92 Å². The Bertz CT molecular complexity index is 214. The quantitative estimate of drug-likeness (QED) is 0.666. The van der Waals surface area contributed by atoms with E-state index in [1.54, 1.807) is 0 Å². The number of hydrogen-bond donors (Lipinski definition) is 1. The average molecular weight is 184 g/mol. The third kappa shape index (κ3) is 3.44. The molecule has 1 unspecified atom stereocenters. The first-order valence-corrected chi connectivity index (χ1v) is 4.67. The molecule has 1 amide bonds. The van der Waals surface area contributed by atoms with E-state index in [0.717, 1.165) is 12.1 Å². The minimum absolute atomic E-state index is 0.115. The number of nitrogens with two attached hydrogens (primary N) is 1. The van der Waals surface area contributed by atoms with Gasteiger partial charge in [-0.3, -0.25) is 4.79 Å². The molecule has 0 heterocycles. The van der Waals surface area contributed by atoms with Gasteiger partial charge in [-0.25, -0.2) is 0 Å². The lowest BCUT2D eigenvalue weighted by Gasteiger charge is -2.19. The molecule has 0 bridgehead atoms. The average Bonchev–Trinajstić information content (AvgIpc) is 2.08. The lowest BCUT2D eigenvalue weighted by molar-refractivity contribution is -0.122. The molecule has 1 aliphatic carbocycles. The minimum atomic E-state index is -0.479. The van der Waals surface area contributed by atoms with E-state index in [9.17, 15) is 4.79 Å². The molecule has 4 nitrogen and oxygen atoms in total. The summed E-state index contributed by atoms with van der Waals surface area (Å²) < 4.78 is 0. The van der Waals surface area contributed by atoms with Crippen LogP contribution >= 0.6 is 0 Å². The zero-order valence-corrected chi connectivity index (χ0v) is 7.95. The Labute approximate surface area is 78.1 Å². The molecule has 0 spiro atoms. The van der Waals surface area contributed by atoms with Gasteiger partial charge >= 0.3 is 0 Å². The number of nitrogens with zero attached hydrogens (tertiary/aromatic N) is 1. The topological polar surface area (TPSA) is 64.7 Å². The van der Waals surface area contributed by atoms with Crippen LogP contribution in [0.3, 0.4) is 0 Å². The van der Waals surface area contributed by atoms with Crippen LogP contribution in [0.1, 0.15) is 32.6 Å². The lowest BCUT2D eigenvalue weighted by atomic mass is 9.89. The van der Waals surface area contributed by atoms with Gasteiger partial charge in [0, 0.05) is 0 Å². The van der Waals surface area contributed by atoms with Gasteiger partial charge in [-0.2, -0.15) is 0 Å². The molecule has 0 radical (unpaired) electrons. The molecule has 1 rings (SSSR count). The standard InChI is InChI=1S/C9H16N2O2/c1-7-4-2-3-5-8(7)11-13-6-9(10)12/h7H,2-6H2,1H3,(H2,10,12)/b11-8+. The summed E-state index contributed by atoms with van der Waals surface area (Å²) in [6.45, 7) is 2.02. The number of amides is 1.